The van der Waals surface area contributed by atoms with E-state index in [1.54, 1.807) is 12.1 Å². The molecule has 3 heteroatoms. The van der Waals surface area contributed by atoms with Crippen molar-refractivity contribution in [3.63, 3.8) is 0 Å². The van der Waals surface area contributed by atoms with Crippen LogP contribution in [0.5, 0.6) is 0 Å². The summed E-state index contributed by atoms with van der Waals surface area (Å²) in [6, 6.07) is 7.27. The van der Waals surface area contributed by atoms with Gasteiger partial charge in [-0.3, -0.25) is 0 Å². The van der Waals surface area contributed by atoms with E-state index in [-0.39, 0.29) is 0 Å². The SMILES string of the molecule is O=C([O-])C(O)c1ccccc1C1CCCCC1. The van der Waals surface area contributed by atoms with E-state index >= 15 is 0 Å². The summed E-state index contributed by atoms with van der Waals surface area (Å²) in [6.07, 6.45) is 4.27. The van der Waals surface area contributed by atoms with Crippen LogP contribution in [-0.2, 0) is 4.79 Å². The van der Waals surface area contributed by atoms with Gasteiger partial charge in [-0.1, -0.05) is 43.5 Å². The van der Waals surface area contributed by atoms with Crippen molar-refractivity contribution in [2.75, 3.05) is 0 Å². The number of carboxylic acids is 1. The largest absolute Gasteiger partial charge is 0.547 e. The fraction of sp³-hybridized carbons (Fsp3) is 0.500. The molecule has 1 saturated carbocycles. The number of aliphatic hydroxyl groups is 1. The van der Waals surface area contributed by atoms with Crippen molar-refractivity contribution in [3.05, 3.63) is 35.4 Å². The zero-order chi connectivity index (χ0) is 12.3. The molecule has 1 N–H and O–H groups in total. The Hall–Kier alpha value is -1.35. The van der Waals surface area contributed by atoms with Gasteiger partial charge in [0, 0.05) is 0 Å². The summed E-state index contributed by atoms with van der Waals surface area (Å²) in [5.41, 5.74) is 1.48. The minimum absolute atomic E-state index is 0.383. The average molecular weight is 233 g/mol. The van der Waals surface area contributed by atoms with Crippen LogP contribution in [0.1, 0.15) is 55.3 Å². The Morgan fingerprint density at radius 3 is 2.53 bits per heavy atom. The van der Waals surface area contributed by atoms with Gasteiger partial charge in [0.05, 0.1) is 5.97 Å². The highest BCUT2D eigenvalue weighted by Crippen LogP contribution is 2.35. The average Bonchev–Trinajstić information content (AvgIpc) is 2.39. The summed E-state index contributed by atoms with van der Waals surface area (Å²) in [5, 5.41) is 20.4. The third-order valence-electron chi connectivity index (χ3n) is 3.56. The third-order valence-corrected chi connectivity index (χ3v) is 3.56. The quantitative estimate of drug-likeness (QED) is 0.861. The number of aliphatic hydroxyl groups excluding tert-OH is 1. The van der Waals surface area contributed by atoms with E-state index in [1.807, 2.05) is 12.1 Å². The van der Waals surface area contributed by atoms with Gasteiger partial charge in [-0.05, 0) is 29.9 Å². The van der Waals surface area contributed by atoms with Gasteiger partial charge < -0.3 is 15.0 Å². The highest BCUT2D eigenvalue weighted by Gasteiger charge is 2.21. The number of rotatable bonds is 3. The number of carboxylic acid groups (broad SMARTS) is 1. The molecule has 1 aliphatic carbocycles. The van der Waals surface area contributed by atoms with Crippen LogP contribution in [0, 0.1) is 0 Å². The van der Waals surface area contributed by atoms with Gasteiger partial charge in [0.15, 0.2) is 0 Å². The van der Waals surface area contributed by atoms with Crippen LogP contribution in [0.25, 0.3) is 0 Å². The smallest absolute Gasteiger partial charge is 0.119 e. The molecule has 92 valence electrons. The number of hydrogen-bond donors (Lipinski definition) is 1. The molecule has 0 aromatic heterocycles. The molecule has 1 aliphatic rings. The lowest BCUT2D eigenvalue weighted by Crippen LogP contribution is -2.30. The Morgan fingerprint density at radius 2 is 1.88 bits per heavy atom. The van der Waals surface area contributed by atoms with E-state index in [0.29, 0.717) is 11.5 Å². The number of benzene rings is 1. The molecule has 0 bridgehead atoms. The second-order valence-electron chi connectivity index (χ2n) is 4.69. The van der Waals surface area contributed by atoms with Crippen LogP contribution in [0.2, 0.25) is 0 Å². The van der Waals surface area contributed by atoms with Crippen LogP contribution < -0.4 is 5.11 Å². The van der Waals surface area contributed by atoms with E-state index in [1.165, 1.54) is 19.3 Å². The molecule has 1 aromatic rings. The monoisotopic (exact) mass is 233 g/mol. The first-order chi connectivity index (χ1) is 8.20. The Balaban J connectivity index is 2.29. The van der Waals surface area contributed by atoms with Crippen LogP contribution >= 0.6 is 0 Å². The Bertz CT molecular complexity index is 394. The zero-order valence-electron chi connectivity index (χ0n) is 9.76. The lowest BCUT2D eigenvalue weighted by Gasteiger charge is -2.26. The van der Waals surface area contributed by atoms with Gasteiger partial charge in [-0.2, -0.15) is 0 Å². The second-order valence-corrected chi connectivity index (χ2v) is 4.69. The lowest BCUT2D eigenvalue weighted by molar-refractivity contribution is -0.315. The summed E-state index contributed by atoms with van der Waals surface area (Å²) in [5.74, 6) is -1.04. The molecule has 1 aromatic carbocycles. The van der Waals surface area contributed by atoms with Gasteiger partial charge in [0.2, 0.25) is 0 Å². The molecule has 0 heterocycles. The molecule has 17 heavy (non-hydrogen) atoms. The first kappa shape index (κ1) is 12.1. The van der Waals surface area contributed by atoms with Crippen LogP contribution in [0.15, 0.2) is 24.3 Å². The Labute approximate surface area is 101 Å². The molecule has 3 nitrogen and oxygen atoms in total. The van der Waals surface area contributed by atoms with E-state index < -0.39 is 12.1 Å². The molecule has 2 rings (SSSR count). The van der Waals surface area contributed by atoms with Gasteiger partial charge in [0.25, 0.3) is 0 Å². The summed E-state index contributed by atoms with van der Waals surface area (Å²) in [7, 11) is 0. The highest BCUT2D eigenvalue weighted by molar-refractivity contribution is 5.72. The number of carbonyl (C=O) groups is 1. The first-order valence-corrected chi connectivity index (χ1v) is 6.18. The molecule has 0 saturated heterocycles. The van der Waals surface area contributed by atoms with Crippen molar-refractivity contribution in [2.24, 2.45) is 0 Å². The van der Waals surface area contributed by atoms with E-state index in [4.69, 9.17) is 0 Å². The van der Waals surface area contributed by atoms with Crippen LogP contribution in [0.4, 0.5) is 0 Å². The summed E-state index contributed by atoms with van der Waals surface area (Å²) in [4.78, 5) is 10.8. The maximum atomic E-state index is 10.8. The zero-order valence-corrected chi connectivity index (χ0v) is 9.76. The standard InChI is InChI=1S/C14H18O3/c15-13(14(16)17)12-9-5-4-8-11(12)10-6-2-1-3-7-10/h4-5,8-10,13,15H,1-3,6-7H2,(H,16,17)/p-1. The second kappa shape index (κ2) is 5.32. The minimum atomic E-state index is -1.51. The van der Waals surface area contributed by atoms with Crippen LogP contribution in [-0.4, -0.2) is 11.1 Å². The number of hydrogen-bond acceptors (Lipinski definition) is 3. The van der Waals surface area contributed by atoms with E-state index in [0.717, 1.165) is 18.4 Å². The maximum absolute atomic E-state index is 10.8. The summed E-state index contributed by atoms with van der Waals surface area (Å²) < 4.78 is 0. The highest BCUT2D eigenvalue weighted by atomic mass is 16.4. The van der Waals surface area contributed by atoms with Gasteiger partial charge in [0.1, 0.15) is 6.10 Å². The minimum Gasteiger partial charge on any atom is -0.547 e. The fourth-order valence-corrected chi connectivity index (χ4v) is 2.67. The maximum Gasteiger partial charge on any atom is 0.119 e. The topological polar surface area (TPSA) is 60.4 Å². The van der Waals surface area contributed by atoms with Crippen molar-refractivity contribution in [1.29, 1.82) is 0 Å². The van der Waals surface area contributed by atoms with Crippen LogP contribution in [0.3, 0.4) is 0 Å². The molecular weight excluding hydrogens is 216 g/mol. The Kier molecular flexibility index (Phi) is 3.79. The molecule has 0 aliphatic heterocycles. The molecule has 1 fully saturated rings. The molecule has 1 unspecified atom stereocenters. The molecule has 1 atom stereocenters. The third kappa shape index (κ3) is 2.67. The predicted molar refractivity (Wildman–Crippen MR) is 62.2 cm³/mol. The molecular formula is C14H17O3-. The van der Waals surface area contributed by atoms with Crippen molar-refractivity contribution >= 4 is 5.97 Å². The number of carbonyl (C=O) groups excluding carboxylic acids is 1. The normalized spacial score (nSPS) is 18.9. The molecule has 0 spiro atoms. The first-order valence-electron chi connectivity index (χ1n) is 6.18. The number of aliphatic carboxylic acids is 1. The van der Waals surface area contributed by atoms with E-state index in [9.17, 15) is 15.0 Å². The van der Waals surface area contributed by atoms with Gasteiger partial charge >= 0.3 is 0 Å². The van der Waals surface area contributed by atoms with Crippen molar-refractivity contribution in [3.8, 4) is 0 Å². The summed E-state index contributed by atoms with van der Waals surface area (Å²) >= 11 is 0. The van der Waals surface area contributed by atoms with Gasteiger partial charge in [-0.15, -0.1) is 0 Å². The van der Waals surface area contributed by atoms with Crippen molar-refractivity contribution in [2.45, 2.75) is 44.1 Å². The molecule has 0 amide bonds. The summed E-state index contributed by atoms with van der Waals surface area (Å²) in [6.45, 7) is 0. The molecule has 0 radical (unpaired) electrons. The fourth-order valence-electron chi connectivity index (χ4n) is 2.67. The lowest BCUT2D eigenvalue weighted by atomic mass is 9.81. The van der Waals surface area contributed by atoms with Crippen molar-refractivity contribution < 1.29 is 15.0 Å². The van der Waals surface area contributed by atoms with Crippen molar-refractivity contribution in [1.82, 2.24) is 0 Å². The predicted octanol–water partition coefficient (Wildman–Crippen LogP) is 1.52. The Morgan fingerprint density at radius 1 is 1.24 bits per heavy atom. The van der Waals surface area contributed by atoms with E-state index in [2.05, 4.69) is 0 Å². The van der Waals surface area contributed by atoms with Gasteiger partial charge in [-0.25, -0.2) is 0 Å².